The van der Waals surface area contributed by atoms with E-state index in [1.165, 1.54) is 10.2 Å². The summed E-state index contributed by atoms with van der Waals surface area (Å²) in [5.74, 6) is 8.36. The van der Waals surface area contributed by atoms with Crippen molar-refractivity contribution in [2.24, 2.45) is 0 Å². The van der Waals surface area contributed by atoms with Gasteiger partial charge in [-0.25, -0.2) is 4.68 Å². The van der Waals surface area contributed by atoms with E-state index in [-0.39, 0.29) is 0 Å². The van der Waals surface area contributed by atoms with E-state index in [9.17, 15) is 0 Å². The van der Waals surface area contributed by atoms with Crippen molar-refractivity contribution in [1.29, 1.82) is 0 Å². The molecule has 0 bridgehead atoms. The Balaban J connectivity index is 1.76. The van der Waals surface area contributed by atoms with Gasteiger partial charge in [-0.1, -0.05) is 52.0 Å². The number of aromatic nitrogens is 3. The van der Waals surface area contributed by atoms with Crippen LogP contribution in [0.15, 0.2) is 58.2 Å². The second-order valence-electron chi connectivity index (χ2n) is 5.05. The van der Waals surface area contributed by atoms with Gasteiger partial charge in [0, 0.05) is 15.8 Å². The highest BCUT2D eigenvalue weighted by Crippen LogP contribution is 2.26. The molecule has 3 rings (SSSR count). The fourth-order valence-electron chi connectivity index (χ4n) is 2.19. The quantitative estimate of drug-likeness (QED) is 0.494. The van der Waals surface area contributed by atoms with Crippen LogP contribution in [0.1, 0.15) is 12.5 Å². The minimum Gasteiger partial charge on any atom is -0.494 e. The van der Waals surface area contributed by atoms with Crippen LogP contribution in [0.2, 0.25) is 0 Å². The molecule has 0 aliphatic carbocycles. The van der Waals surface area contributed by atoms with Gasteiger partial charge in [0.05, 0.1) is 6.61 Å². The molecule has 0 saturated carbocycles. The molecule has 0 aliphatic heterocycles. The number of hydrogen-bond acceptors (Lipinski definition) is 5. The molecule has 0 amide bonds. The molecule has 5 nitrogen and oxygen atoms in total. The van der Waals surface area contributed by atoms with Crippen molar-refractivity contribution in [2.75, 3.05) is 12.4 Å². The average Bonchev–Trinajstić information content (AvgIpc) is 2.96. The largest absolute Gasteiger partial charge is 0.494 e. The van der Waals surface area contributed by atoms with Gasteiger partial charge in [-0.05, 0) is 36.8 Å². The minimum absolute atomic E-state index is 0.618. The predicted octanol–water partition coefficient (Wildman–Crippen LogP) is 4.11. The summed E-state index contributed by atoms with van der Waals surface area (Å²) in [6, 6.07) is 15.9. The van der Waals surface area contributed by atoms with Crippen LogP contribution < -0.4 is 10.6 Å². The topological polar surface area (TPSA) is 66.0 Å². The smallest absolute Gasteiger partial charge is 0.210 e. The van der Waals surface area contributed by atoms with Gasteiger partial charge >= 0.3 is 0 Å². The van der Waals surface area contributed by atoms with Crippen molar-refractivity contribution >= 4 is 27.7 Å². The zero-order valence-corrected chi connectivity index (χ0v) is 15.5. The molecule has 2 aromatic carbocycles. The lowest BCUT2D eigenvalue weighted by Gasteiger charge is -2.06. The molecule has 0 atom stereocenters. The van der Waals surface area contributed by atoms with Gasteiger partial charge in [-0.2, -0.15) is 0 Å². The lowest BCUT2D eigenvalue weighted by atomic mass is 10.2. The molecule has 124 valence electrons. The molecular formula is C17H17BrN4OS. The Kier molecular flexibility index (Phi) is 5.42. The molecule has 0 radical (unpaired) electrons. The molecule has 1 aromatic heterocycles. The summed E-state index contributed by atoms with van der Waals surface area (Å²) in [6.45, 7) is 2.57. The third-order valence-corrected chi connectivity index (χ3v) is 4.89. The van der Waals surface area contributed by atoms with Gasteiger partial charge in [-0.3, -0.25) is 0 Å². The second-order valence-corrected chi connectivity index (χ2v) is 6.91. The molecule has 2 N–H and O–H groups in total. The van der Waals surface area contributed by atoms with Crippen molar-refractivity contribution < 1.29 is 4.74 Å². The first kappa shape index (κ1) is 16.9. The highest BCUT2D eigenvalue weighted by Gasteiger charge is 2.13. The van der Waals surface area contributed by atoms with Crippen molar-refractivity contribution in [2.45, 2.75) is 17.8 Å². The summed E-state index contributed by atoms with van der Waals surface area (Å²) in [4.78, 5) is 0. The van der Waals surface area contributed by atoms with E-state index in [1.807, 2.05) is 43.3 Å². The Labute approximate surface area is 153 Å². The highest BCUT2D eigenvalue weighted by atomic mass is 79.9. The summed E-state index contributed by atoms with van der Waals surface area (Å²) in [7, 11) is 0. The molecule has 3 aromatic rings. The van der Waals surface area contributed by atoms with Crippen LogP contribution in [-0.2, 0) is 5.75 Å². The first-order chi connectivity index (χ1) is 11.7. The normalized spacial score (nSPS) is 10.8. The number of benzene rings is 2. The van der Waals surface area contributed by atoms with Crippen LogP contribution in [-0.4, -0.2) is 21.5 Å². The lowest BCUT2D eigenvalue weighted by molar-refractivity contribution is 0.340. The molecule has 1 heterocycles. The van der Waals surface area contributed by atoms with Crippen molar-refractivity contribution in [3.05, 3.63) is 58.6 Å². The second kappa shape index (κ2) is 7.72. The summed E-state index contributed by atoms with van der Waals surface area (Å²) in [5, 5.41) is 9.09. The van der Waals surface area contributed by atoms with Crippen LogP contribution in [0.3, 0.4) is 0 Å². The maximum Gasteiger partial charge on any atom is 0.210 e. The SMILES string of the molecule is CCOc1cccc(-c2nnc(SCc3ccc(Br)cc3)n2N)c1. The maximum atomic E-state index is 6.17. The summed E-state index contributed by atoms with van der Waals surface area (Å²) < 4.78 is 8.11. The number of hydrogen-bond donors (Lipinski definition) is 1. The molecule has 0 unspecified atom stereocenters. The molecular weight excluding hydrogens is 388 g/mol. The molecule has 0 fully saturated rings. The number of halogens is 1. The van der Waals surface area contributed by atoms with Gasteiger partial charge in [0.15, 0.2) is 5.82 Å². The Hall–Kier alpha value is -1.99. The Morgan fingerprint density at radius 3 is 2.71 bits per heavy atom. The van der Waals surface area contributed by atoms with E-state index in [0.29, 0.717) is 17.6 Å². The molecule has 24 heavy (non-hydrogen) atoms. The Morgan fingerprint density at radius 1 is 1.17 bits per heavy atom. The van der Waals surface area contributed by atoms with Gasteiger partial charge in [0.2, 0.25) is 5.16 Å². The number of nitrogen functional groups attached to an aromatic ring is 1. The first-order valence-corrected chi connectivity index (χ1v) is 9.26. The number of thioether (sulfide) groups is 1. The maximum absolute atomic E-state index is 6.17. The third-order valence-electron chi connectivity index (χ3n) is 3.35. The van der Waals surface area contributed by atoms with Gasteiger partial charge in [0.1, 0.15) is 5.75 Å². The van der Waals surface area contributed by atoms with Crippen molar-refractivity contribution in [3.63, 3.8) is 0 Å². The molecule has 0 aliphatic rings. The standard InChI is InChI=1S/C17H17BrN4OS/c1-2-23-15-5-3-4-13(10-15)16-20-21-17(22(16)19)24-11-12-6-8-14(18)9-7-12/h3-10H,2,11,19H2,1H3. The Bertz CT molecular complexity index is 820. The van der Waals surface area contributed by atoms with E-state index in [2.05, 4.69) is 38.3 Å². The molecule has 0 saturated heterocycles. The molecule has 7 heteroatoms. The first-order valence-electron chi connectivity index (χ1n) is 7.48. The van der Waals surface area contributed by atoms with Crippen LogP contribution in [0.25, 0.3) is 11.4 Å². The number of rotatable bonds is 6. The monoisotopic (exact) mass is 404 g/mol. The van der Waals surface area contributed by atoms with Crippen LogP contribution in [0.5, 0.6) is 5.75 Å². The summed E-state index contributed by atoms with van der Waals surface area (Å²) in [5.41, 5.74) is 2.08. The van der Waals surface area contributed by atoms with Crippen LogP contribution >= 0.6 is 27.7 Å². The fourth-order valence-corrected chi connectivity index (χ4v) is 3.27. The van der Waals surface area contributed by atoms with Gasteiger partial charge in [0.25, 0.3) is 0 Å². The molecule has 0 spiro atoms. The van der Waals surface area contributed by atoms with Crippen molar-refractivity contribution in [3.8, 4) is 17.1 Å². The number of nitrogens with zero attached hydrogens (tertiary/aromatic N) is 3. The summed E-state index contributed by atoms with van der Waals surface area (Å²) in [6.07, 6.45) is 0. The summed E-state index contributed by atoms with van der Waals surface area (Å²) >= 11 is 4.99. The highest BCUT2D eigenvalue weighted by molar-refractivity contribution is 9.10. The van der Waals surface area contributed by atoms with Gasteiger partial charge in [-0.15, -0.1) is 10.2 Å². The lowest BCUT2D eigenvalue weighted by Crippen LogP contribution is -2.11. The van der Waals surface area contributed by atoms with Crippen LogP contribution in [0, 0.1) is 0 Å². The predicted molar refractivity (Wildman–Crippen MR) is 100 cm³/mol. The average molecular weight is 405 g/mol. The van der Waals surface area contributed by atoms with Crippen molar-refractivity contribution in [1.82, 2.24) is 14.9 Å². The van der Waals surface area contributed by atoms with Crippen LogP contribution in [0.4, 0.5) is 0 Å². The van der Waals surface area contributed by atoms with E-state index in [4.69, 9.17) is 10.6 Å². The Morgan fingerprint density at radius 2 is 1.96 bits per heavy atom. The van der Waals surface area contributed by atoms with E-state index in [0.717, 1.165) is 21.5 Å². The third kappa shape index (κ3) is 3.91. The zero-order chi connectivity index (χ0) is 16.9. The van der Waals surface area contributed by atoms with E-state index in [1.54, 1.807) is 11.8 Å². The van der Waals surface area contributed by atoms with E-state index < -0.39 is 0 Å². The van der Waals surface area contributed by atoms with E-state index >= 15 is 0 Å². The minimum atomic E-state index is 0.618. The zero-order valence-electron chi connectivity index (χ0n) is 13.1. The number of nitrogens with two attached hydrogens (primary N) is 1. The fraction of sp³-hybridized carbons (Fsp3) is 0.176. The number of ether oxygens (including phenoxy) is 1. The van der Waals surface area contributed by atoms with Gasteiger partial charge < -0.3 is 10.6 Å².